The summed E-state index contributed by atoms with van der Waals surface area (Å²) >= 11 is 0. The molecule has 1 aliphatic heterocycles. The van der Waals surface area contributed by atoms with Gasteiger partial charge in [-0.2, -0.15) is 0 Å². The maximum absolute atomic E-state index is 12.5. The minimum atomic E-state index is -0.0512. The number of piperidine rings is 1. The number of carbonyl (C=O) groups is 2. The highest BCUT2D eigenvalue weighted by Crippen LogP contribution is 2.22. The summed E-state index contributed by atoms with van der Waals surface area (Å²) in [4.78, 5) is 26.8. The number of hydrogen-bond acceptors (Lipinski definition) is 3. The SMILES string of the molecule is CCOc1ccc(NC(=O)C2CCN(C(=O)CCc3ccccc3)CC2)cc1. The second-order valence-corrected chi connectivity index (χ2v) is 7.09. The van der Waals surface area contributed by atoms with Gasteiger partial charge in [-0.1, -0.05) is 30.3 Å². The summed E-state index contributed by atoms with van der Waals surface area (Å²) in [6.45, 7) is 3.85. The van der Waals surface area contributed by atoms with E-state index in [4.69, 9.17) is 4.74 Å². The third-order valence-corrected chi connectivity index (χ3v) is 5.12. The molecule has 0 atom stereocenters. The molecule has 0 radical (unpaired) electrons. The van der Waals surface area contributed by atoms with Gasteiger partial charge in [0, 0.05) is 31.1 Å². The summed E-state index contributed by atoms with van der Waals surface area (Å²) in [5.41, 5.74) is 1.95. The van der Waals surface area contributed by atoms with Crippen molar-refractivity contribution in [3.63, 3.8) is 0 Å². The Morgan fingerprint density at radius 1 is 1.04 bits per heavy atom. The first-order chi connectivity index (χ1) is 13.7. The largest absolute Gasteiger partial charge is 0.494 e. The van der Waals surface area contributed by atoms with E-state index >= 15 is 0 Å². The maximum atomic E-state index is 12.5. The molecule has 0 unspecified atom stereocenters. The smallest absolute Gasteiger partial charge is 0.227 e. The van der Waals surface area contributed by atoms with E-state index in [0.29, 0.717) is 39.0 Å². The lowest BCUT2D eigenvalue weighted by Gasteiger charge is -2.31. The van der Waals surface area contributed by atoms with E-state index < -0.39 is 0 Å². The van der Waals surface area contributed by atoms with Crippen LogP contribution < -0.4 is 10.1 Å². The Morgan fingerprint density at radius 2 is 1.71 bits per heavy atom. The zero-order chi connectivity index (χ0) is 19.8. The predicted octanol–water partition coefficient (Wildman–Crippen LogP) is 3.90. The molecular formula is C23H28N2O3. The van der Waals surface area contributed by atoms with Crippen molar-refractivity contribution in [3.8, 4) is 5.75 Å². The number of ether oxygens (including phenoxy) is 1. The van der Waals surface area contributed by atoms with E-state index in [0.717, 1.165) is 17.9 Å². The number of rotatable bonds is 7. The van der Waals surface area contributed by atoms with Crippen molar-refractivity contribution in [2.75, 3.05) is 25.0 Å². The van der Waals surface area contributed by atoms with Crippen molar-refractivity contribution in [3.05, 3.63) is 60.2 Å². The zero-order valence-electron chi connectivity index (χ0n) is 16.4. The van der Waals surface area contributed by atoms with E-state index in [1.165, 1.54) is 5.56 Å². The highest BCUT2D eigenvalue weighted by Gasteiger charge is 2.27. The number of hydrogen-bond donors (Lipinski definition) is 1. The Kier molecular flexibility index (Phi) is 7.06. The quantitative estimate of drug-likeness (QED) is 0.793. The first kappa shape index (κ1) is 19.9. The summed E-state index contributed by atoms with van der Waals surface area (Å²) < 4.78 is 5.41. The van der Waals surface area contributed by atoms with Crippen LogP contribution in [-0.4, -0.2) is 36.4 Å². The van der Waals surface area contributed by atoms with Crippen LogP contribution in [0.25, 0.3) is 0 Å². The second-order valence-electron chi connectivity index (χ2n) is 7.09. The number of nitrogens with one attached hydrogen (secondary N) is 1. The van der Waals surface area contributed by atoms with E-state index in [1.54, 1.807) is 0 Å². The van der Waals surface area contributed by atoms with Gasteiger partial charge in [0.25, 0.3) is 0 Å². The third kappa shape index (κ3) is 5.59. The molecule has 2 aromatic carbocycles. The minimum Gasteiger partial charge on any atom is -0.494 e. The van der Waals surface area contributed by atoms with Crippen LogP contribution in [0.15, 0.2) is 54.6 Å². The van der Waals surface area contributed by atoms with E-state index in [1.807, 2.05) is 66.4 Å². The average molecular weight is 380 g/mol. The van der Waals surface area contributed by atoms with Gasteiger partial charge in [0.2, 0.25) is 11.8 Å². The molecule has 0 bridgehead atoms. The van der Waals surface area contributed by atoms with Gasteiger partial charge in [-0.15, -0.1) is 0 Å². The van der Waals surface area contributed by atoms with E-state index in [9.17, 15) is 9.59 Å². The van der Waals surface area contributed by atoms with Crippen molar-refractivity contribution in [1.82, 2.24) is 4.90 Å². The molecule has 1 aliphatic rings. The van der Waals surface area contributed by atoms with Gasteiger partial charge in [-0.05, 0) is 56.0 Å². The standard InChI is InChI=1S/C23H28N2O3/c1-2-28-21-11-9-20(10-12-21)24-23(27)19-14-16-25(17-15-19)22(26)13-8-18-6-4-3-5-7-18/h3-7,9-12,19H,2,8,13-17H2,1H3,(H,24,27). The van der Waals surface area contributed by atoms with Crippen LogP contribution in [0.2, 0.25) is 0 Å². The van der Waals surface area contributed by atoms with Crippen LogP contribution in [0.1, 0.15) is 31.7 Å². The molecule has 1 heterocycles. The first-order valence-corrected chi connectivity index (χ1v) is 10.0. The normalized spacial score (nSPS) is 14.5. The fourth-order valence-corrected chi connectivity index (χ4v) is 3.49. The molecule has 148 valence electrons. The number of nitrogens with zero attached hydrogens (tertiary/aromatic N) is 1. The fourth-order valence-electron chi connectivity index (χ4n) is 3.49. The average Bonchev–Trinajstić information content (AvgIpc) is 2.74. The van der Waals surface area contributed by atoms with Crippen molar-refractivity contribution < 1.29 is 14.3 Å². The van der Waals surface area contributed by atoms with Gasteiger partial charge in [-0.25, -0.2) is 0 Å². The molecule has 0 saturated carbocycles. The lowest BCUT2D eigenvalue weighted by atomic mass is 9.95. The van der Waals surface area contributed by atoms with Crippen LogP contribution in [0.3, 0.4) is 0 Å². The Morgan fingerprint density at radius 3 is 2.36 bits per heavy atom. The predicted molar refractivity (Wildman–Crippen MR) is 110 cm³/mol. The number of anilines is 1. The minimum absolute atomic E-state index is 0.0283. The first-order valence-electron chi connectivity index (χ1n) is 10.0. The van der Waals surface area contributed by atoms with E-state index in [2.05, 4.69) is 5.32 Å². The molecule has 5 nitrogen and oxygen atoms in total. The lowest BCUT2D eigenvalue weighted by Crippen LogP contribution is -2.41. The van der Waals surface area contributed by atoms with Crippen molar-refractivity contribution in [2.45, 2.75) is 32.6 Å². The summed E-state index contributed by atoms with van der Waals surface area (Å²) in [5, 5.41) is 2.97. The molecule has 2 aromatic rings. The molecular weight excluding hydrogens is 352 g/mol. The summed E-state index contributed by atoms with van der Waals surface area (Å²) in [5.74, 6) is 0.947. The molecule has 2 amide bonds. The Balaban J connectivity index is 1.42. The van der Waals surface area contributed by atoms with Gasteiger partial charge < -0.3 is 15.0 Å². The maximum Gasteiger partial charge on any atom is 0.227 e. The second kappa shape index (κ2) is 9.93. The molecule has 1 fully saturated rings. The van der Waals surface area contributed by atoms with Crippen LogP contribution in [-0.2, 0) is 16.0 Å². The molecule has 0 aliphatic carbocycles. The van der Waals surface area contributed by atoms with E-state index in [-0.39, 0.29) is 17.7 Å². The number of aryl methyl sites for hydroxylation is 1. The fraction of sp³-hybridized carbons (Fsp3) is 0.391. The number of amides is 2. The summed E-state index contributed by atoms with van der Waals surface area (Å²) in [6, 6.07) is 17.5. The summed E-state index contributed by atoms with van der Waals surface area (Å²) in [7, 11) is 0. The van der Waals surface area contributed by atoms with Crippen molar-refractivity contribution in [1.29, 1.82) is 0 Å². The molecule has 3 rings (SSSR count). The van der Waals surface area contributed by atoms with Gasteiger partial charge in [0.05, 0.1) is 6.61 Å². The zero-order valence-corrected chi connectivity index (χ0v) is 16.4. The van der Waals surface area contributed by atoms with Crippen LogP contribution in [0.5, 0.6) is 5.75 Å². The van der Waals surface area contributed by atoms with Gasteiger partial charge in [-0.3, -0.25) is 9.59 Å². The molecule has 0 spiro atoms. The third-order valence-electron chi connectivity index (χ3n) is 5.12. The van der Waals surface area contributed by atoms with Gasteiger partial charge in [0.1, 0.15) is 5.75 Å². The highest BCUT2D eigenvalue weighted by molar-refractivity contribution is 5.92. The highest BCUT2D eigenvalue weighted by atomic mass is 16.5. The van der Waals surface area contributed by atoms with Crippen LogP contribution in [0.4, 0.5) is 5.69 Å². The van der Waals surface area contributed by atoms with Crippen molar-refractivity contribution >= 4 is 17.5 Å². The van der Waals surface area contributed by atoms with Gasteiger partial charge >= 0.3 is 0 Å². The topological polar surface area (TPSA) is 58.6 Å². The Labute approximate surface area is 166 Å². The summed E-state index contributed by atoms with van der Waals surface area (Å²) in [6.07, 6.45) is 2.70. The van der Waals surface area contributed by atoms with Crippen LogP contribution in [0, 0.1) is 5.92 Å². The Hall–Kier alpha value is -2.82. The van der Waals surface area contributed by atoms with Gasteiger partial charge in [0.15, 0.2) is 0 Å². The Bertz CT molecular complexity index is 766. The lowest BCUT2D eigenvalue weighted by molar-refractivity contribution is -0.134. The molecule has 5 heteroatoms. The number of benzene rings is 2. The molecule has 28 heavy (non-hydrogen) atoms. The van der Waals surface area contributed by atoms with Crippen LogP contribution >= 0.6 is 0 Å². The number of likely N-dealkylation sites (tertiary alicyclic amines) is 1. The van der Waals surface area contributed by atoms with Crippen molar-refractivity contribution in [2.24, 2.45) is 5.92 Å². The number of carbonyl (C=O) groups excluding carboxylic acids is 2. The molecule has 1 saturated heterocycles. The monoisotopic (exact) mass is 380 g/mol. The molecule has 0 aromatic heterocycles. The molecule has 1 N–H and O–H groups in total.